The third-order valence-electron chi connectivity index (χ3n) is 2.44. The fourth-order valence-corrected chi connectivity index (χ4v) is 1.87. The molecular weight excluding hydrogens is 326 g/mol. The van der Waals surface area contributed by atoms with Gasteiger partial charge in [-0.3, -0.25) is 14.9 Å². The summed E-state index contributed by atoms with van der Waals surface area (Å²) in [5, 5.41) is 16.7. The van der Waals surface area contributed by atoms with Gasteiger partial charge in [-0.15, -0.1) is 0 Å². The topological polar surface area (TPSA) is 84.3 Å². The van der Waals surface area contributed by atoms with E-state index in [-0.39, 0.29) is 29.2 Å². The number of halogens is 1. The zero-order valence-corrected chi connectivity index (χ0v) is 13.3. The molecule has 0 aliphatic rings. The van der Waals surface area contributed by atoms with Gasteiger partial charge in [0.1, 0.15) is 5.69 Å². The van der Waals surface area contributed by atoms with Gasteiger partial charge in [-0.1, -0.05) is 15.9 Å². The molecule has 0 saturated heterocycles. The molecule has 0 radical (unpaired) electrons. The number of nitro benzene ring substituents is 1. The minimum absolute atomic E-state index is 0.0656. The molecule has 2 N–H and O–H groups in total. The number of carbonyl (C=O) groups excluding carboxylic acids is 1. The van der Waals surface area contributed by atoms with E-state index in [0.29, 0.717) is 11.0 Å². The van der Waals surface area contributed by atoms with E-state index in [9.17, 15) is 14.9 Å². The second-order valence-corrected chi connectivity index (χ2v) is 6.31. The summed E-state index contributed by atoms with van der Waals surface area (Å²) in [6.45, 7) is 6.53. The largest absolute Gasteiger partial charge is 0.320 e. The number of anilines is 1. The Bertz CT molecular complexity index is 512. The number of benzene rings is 1. The molecule has 1 aromatic carbocycles. The van der Waals surface area contributed by atoms with Gasteiger partial charge in [0.15, 0.2) is 0 Å². The van der Waals surface area contributed by atoms with Crippen LogP contribution in [0.4, 0.5) is 11.4 Å². The molecule has 0 atom stereocenters. The molecular formula is C13H18BrN3O3. The Morgan fingerprint density at radius 3 is 2.60 bits per heavy atom. The van der Waals surface area contributed by atoms with E-state index in [0.717, 1.165) is 0 Å². The first-order valence-corrected chi connectivity index (χ1v) is 6.97. The van der Waals surface area contributed by atoms with Crippen LogP contribution in [0.3, 0.4) is 0 Å². The number of hydrogen-bond donors (Lipinski definition) is 2. The van der Waals surface area contributed by atoms with Crippen molar-refractivity contribution in [2.75, 3.05) is 11.9 Å². The highest BCUT2D eigenvalue weighted by molar-refractivity contribution is 9.10. The smallest absolute Gasteiger partial charge is 0.293 e. The lowest BCUT2D eigenvalue weighted by Crippen LogP contribution is -2.37. The van der Waals surface area contributed by atoms with Crippen LogP contribution in [0.25, 0.3) is 0 Å². The van der Waals surface area contributed by atoms with Gasteiger partial charge in [-0.05, 0) is 32.9 Å². The quantitative estimate of drug-likeness (QED) is 0.635. The number of carbonyl (C=O) groups is 1. The van der Waals surface area contributed by atoms with Gasteiger partial charge in [0.25, 0.3) is 5.69 Å². The summed E-state index contributed by atoms with van der Waals surface area (Å²) in [6.07, 6.45) is 0.254. The van der Waals surface area contributed by atoms with Gasteiger partial charge >= 0.3 is 0 Å². The summed E-state index contributed by atoms with van der Waals surface area (Å²) in [5.74, 6) is -0.257. The van der Waals surface area contributed by atoms with E-state index in [1.54, 1.807) is 6.07 Å². The number of amides is 1. The van der Waals surface area contributed by atoms with Gasteiger partial charge in [0.2, 0.25) is 5.91 Å². The van der Waals surface area contributed by atoms with Crippen molar-refractivity contribution in [2.24, 2.45) is 0 Å². The molecule has 110 valence electrons. The van der Waals surface area contributed by atoms with E-state index in [1.807, 2.05) is 20.8 Å². The highest BCUT2D eigenvalue weighted by atomic mass is 79.9. The Labute approximate surface area is 126 Å². The molecule has 0 aliphatic heterocycles. The van der Waals surface area contributed by atoms with Crippen molar-refractivity contribution >= 4 is 33.2 Å². The van der Waals surface area contributed by atoms with Gasteiger partial charge in [0, 0.05) is 29.0 Å². The third kappa shape index (κ3) is 5.66. The molecule has 1 rings (SSSR count). The monoisotopic (exact) mass is 343 g/mol. The van der Waals surface area contributed by atoms with Crippen molar-refractivity contribution in [2.45, 2.75) is 32.7 Å². The van der Waals surface area contributed by atoms with Crippen molar-refractivity contribution < 1.29 is 9.72 Å². The van der Waals surface area contributed by atoms with Crippen molar-refractivity contribution in [3.8, 4) is 0 Å². The number of hydrogen-bond acceptors (Lipinski definition) is 4. The summed E-state index contributed by atoms with van der Waals surface area (Å²) in [5.41, 5.74) is 0.0135. The minimum atomic E-state index is -0.520. The molecule has 7 heteroatoms. The van der Waals surface area contributed by atoms with Gasteiger partial charge in [-0.25, -0.2) is 0 Å². The lowest BCUT2D eigenvalue weighted by atomic mass is 10.1. The van der Waals surface area contributed by atoms with Crippen molar-refractivity contribution in [1.29, 1.82) is 0 Å². The Kier molecular flexibility index (Phi) is 5.64. The molecule has 0 fully saturated rings. The van der Waals surface area contributed by atoms with Crippen LogP contribution in [0.1, 0.15) is 27.2 Å². The lowest BCUT2D eigenvalue weighted by Gasteiger charge is -2.20. The molecule has 1 aromatic rings. The maximum Gasteiger partial charge on any atom is 0.293 e. The summed E-state index contributed by atoms with van der Waals surface area (Å²) >= 11 is 3.17. The minimum Gasteiger partial charge on any atom is -0.320 e. The highest BCUT2D eigenvalue weighted by Gasteiger charge is 2.16. The fourth-order valence-electron chi connectivity index (χ4n) is 1.53. The number of nitrogens with one attached hydrogen (secondary N) is 2. The first-order chi connectivity index (χ1) is 9.19. The highest BCUT2D eigenvalue weighted by Crippen LogP contribution is 2.27. The van der Waals surface area contributed by atoms with E-state index in [1.165, 1.54) is 12.1 Å². The standard InChI is InChI=1S/C13H18BrN3O3/c1-13(2,3)15-7-6-12(18)16-10-5-4-9(14)8-11(10)17(19)20/h4-5,8,15H,6-7H2,1-3H3,(H,16,18). The van der Waals surface area contributed by atoms with Crippen molar-refractivity contribution in [1.82, 2.24) is 5.32 Å². The van der Waals surface area contributed by atoms with Crippen LogP contribution in [0.15, 0.2) is 22.7 Å². The van der Waals surface area contributed by atoms with Gasteiger partial charge < -0.3 is 10.6 Å². The average molecular weight is 344 g/mol. The lowest BCUT2D eigenvalue weighted by molar-refractivity contribution is -0.384. The van der Waals surface area contributed by atoms with E-state index in [2.05, 4.69) is 26.6 Å². The Morgan fingerprint density at radius 2 is 2.05 bits per heavy atom. The Morgan fingerprint density at radius 1 is 1.40 bits per heavy atom. The number of rotatable bonds is 5. The van der Waals surface area contributed by atoms with Crippen LogP contribution >= 0.6 is 15.9 Å². The van der Waals surface area contributed by atoms with Crippen LogP contribution < -0.4 is 10.6 Å². The van der Waals surface area contributed by atoms with Crippen LogP contribution in [0, 0.1) is 10.1 Å². The van der Waals surface area contributed by atoms with E-state index in [4.69, 9.17) is 0 Å². The second kappa shape index (κ2) is 6.81. The molecule has 6 nitrogen and oxygen atoms in total. The zero-order valence-electron chi connectivity index (χ0n) is 11.7. The summed E-state index contributed by atoms with van der Waals surface area (Å²) in [7, 11) is 0. The van der Waals surface area contributed by atoms with Crippen LogP contribution in [-0.4, -0.2) is 22.9 Å². The maximum atomic E-state index is 11.8. The first-order valence-electron chi connectivity index (χ1n) is 6.18. The summed E-state index contributed by atoms with van der Waals surface area (Å²) in [4.78, 5) is 22.2. The molecule has 20 heavy (non-hydrogen) atoms. The molecule has 0 aliphatic carbocycles. The predicted molar refractivity (Wildman–Crippen MR) is 81.8 cm³/mol. The SMILES string of the molecule is CC(C)(C)NCCC(=O)Nc1ccc(Br)cc1[N+](=O)[O-]. The predicted octanol–water partition coefficient (Wildman–Crippen LogP) is 3.07. The van der Waals surface area contributed by atoms with Crippen LogP contribution in [0.5, 0.6) is 0 Å². The summed E-state index contributed by atoms with van der Waals surface area (Å²) < 4.78 is 0.594. The summed E-state index contributed by atoms with van der Waals surface area (Å²) in [6, 6.07) is 4.52. The van der Waals surface area contributed by atoms with Crippen LogP contribution in [0.2, 0.25) is 0 Å². The Hall–Kier alpha value is -1.47. The molecule has 0 bridgehead atoms. The third-order valence-corrected chi connectivity index (χ3v) is 2.93. The molecule has 0 unspecified atom stereocenters. The molecule has 0 saturated carbocycles. The molecule has 1 amide bonds. The fraction of sp³-hybridized carbons (Fsp3) is 0.462. The van der Waals surface area contributed by atoms with Crippen LogP contribution in [-0.2, 0) is 4.79 Å². The van der Waals surface area contributed by atoms with E-state index < -0.39 is 4.92 Å². The van der Waals surface area contributed by atoms with Gasteiger partial charge in [-0.2, -0.15) is 0 Å². The van der Waals surface area contributed by atoms with E-state index >= 15 is 0 Å². The number of nitro groups is 1. The maximum absolute atomic E-state index is 11.8. The molecule has 0 aromatic heterocycles. The molecule has 0 spiro atoms. The first kappa shape index (κ1) is 16.6. The van der Waals surface area contributed by atoms with Gasteiger partial charge in [0.05, 0.1) is 4.92 Å². The van der Waals surface area contributed by atoms with Crippen molar-refractivity contribution in [3.63, 3.8) is 0 Å². The van der Waals surface area contributed by atoms with Crippen molar-refractivity contribution in [3.05, 3.63) is 32.8 Å². The zero-order chi connectivity index (χ0) is 15.3. The molecule has 0 heterocycles. The Balaban J connectivity index is 2.64. The number of nitrogens with zero attached hydrogens (tertiary/aromatic N) is 1. The average Bonchev–Trinajstić information content (AvgIpc) is 2.29. The normalized spacial score (nSPS) is 11.2. The second-order valence-electron chi connectivity index (χ2n) is 5.39.